The minimum absolute atomic E-state index is 0.0210. The van der Waals surface area contributed by atoms with Gasteiger partial charge in [-0.05, 0) is 43.4 Å². The van der Waals surface area contributed by atoms with E-state index in [4.69, 9.17) is 0 Å². The van der Waals surface area contributed by atoms with Gasteiger partial charge in [-0.1, -0.05) is 25.1 Å². The molecule has 1 aliphatic heterocycles. The van der Waals surface area contributed by atoms with E-state index in [-0.39, 0.29) is 29.3 Å². The zero-order chi connectivity index (χ0) is 19.0. The molecule has 5 nitrogen and oxygen atoms in total. The van der Waals surface area contributed by atoms with Crippen molar-refractivity contribution in [2.45, 2.75) is 38.6 Å². The van der Waals surface area contributed by atoms with Gasteiger partial charge in [0.1, 0.15) is 5.69 Å². The lowest BCUT2D eigenvalue weighted by molar-refractivity contribution is -0.119. The average Bonchev–Trinajstić information content (AvgIpc) is 3.07. The largest absolute Gasteiger partial charge is 0.349 e. The Kier molecular flexibility index (Phi) is 4.68. The molecule has 1 amide bonds. The maximum absolute atomic E-state index is 12.9. The van der Waals surface area contributed by atoms with Gasteiger partial charge in [0.2, 0.25) is 0 Å². The van der Waals surface area contributed by atoms with Crippen LogP contribution in [0.4, 0.5) is 0 Å². The molecule has 2 heterocycles. The molecule has 2 atom stereocenters. The molecule has 2 aliphatic rings. The lowest BCUT2D eigenvalue weighted by Gasteiger charge is -2.27. The third-order valence-corrected chi connectivity index (χ3v) is 5.94. The Labute approximate surface area is 158 Å². The minimum Gasteiger partial charge on any atom is -0.349 e. The quantitative estimate of drug-likeness (QED) is 0.652. The number of Topliss-reactive ketones (excluding diaryl/α,β-unsaturated/α-hetero) is 1. The van der Waals surface area contributed by atoms with Crippen LogP contribution in [-0.4, -0.2) is 28.6 Å². The summed E-state index contributed by atoms with van der Waals surface area (Å²) in [5.74, 6) is 0.428. The van der Waals surface area contributed by atoms with Crippen molar-refractivity contribution in [3.8, 4) is 0 Å². The Bertz CT molecular complexity index is 940. The minimum atomic E-state index is -0.0644. The van der Waals surface area contributed by atoms with Gasteiger partial charge in [-0.3, -0.25) is 14.4 Å². The summed E-state index contributed by atoms with van der Waals surface area (Å²) in [6, 6.07) is 7.57. The van der Waals surface area contributed by atoms with Crippen LogP contribution in [0.3, 0.4) is 0 Å². The van der Waals surface area contributed by atoms with E-state index in [0.717, 1.165) is 43.1 Å². The Balaban J connectivity index is 1.53. The summed E-state index contributed by atoms with van der Waals surface area (Å²) in [5.41, 5.74) is 2.28. The molecule has 1 aliphatic carbocycles. The summed E-state index contributed by atoms with van der Waals surface area (Å²) < 4.78 is 1.99. The smallest absolute Gasteiger partial charge is 0.268 e. The summed E-state index contributed by atoms with van der Waals surface area (Å²) in [5, 5.41) is 3.83. The van der Waals surface area contributed by atoms with Crippen molar-refractivity contribution in [1.82, 2.24) is 9.88 Å². The molecular formula is C22H24N2O3. The van der Waals surface area contributed by atoms with Crippen LogP contribution in [0.15, 0.2) is 36.9 Å². The van der Waals surface area contributed by atoms with Gasteiger partial charge in [-0.25, -0.2) is 0 Å². The molecule has 0 spiro atoms. The van der Waals surface area contributed by atoms with E-state index in [0.29, 0.717) is 24.2 Å². The van der Waals surface area contributed by atoms with Gasteiger partial charge in [0.05, 0.1) is 0 Å². The number of hydrogen-bond acceptors (Lipinski definition) is 3. The SMILES string of the molecule is C=CC(=O)C1CCC[C@H](CC(=O)c2ccc3cc4n(c3c2)CCNC4=O)C1. The maximum Gasteiger partial charge on any atom is 0.268 e. The van der Waals surface area contributed by atoms with Crippen LogP contribution in [0.25, 0.3) is 10.9 Å². The summed E-state index contributed by atoms with van der Waals surface area (Å²) in [4.78, 5) is 36.8. The van der Waals surface area contributed by atoms with Gasteiger partial charge < -0.3 is 9.88 Å². The monoisotopic (exact) mass is 364 g/mol. The standard InChI is InChI=1S/C22H24N2O3/c1-2-20(25)16-5-3-4-14(10-16)11-21(26)17-7-6-15-12-19-22(27)23-8-9-24(19)18(15)13-17/h2,6-7,12-14,16H,1,3-5,8-11H2,(H,23,27)/t14-,16?/m0/s1. The van der Waals surface area contributed by atoms with Crippen molar-refractivity contribution >= 4 is 28.4 Å². The summed E-state index contributed by atoms with van der Waals surface area (Å²) in [6.45, 7) is 4.91. The molecule has 0 radical (unpaired) electrons. The molecule has 4 rings (SSSR count). The first-order chi connectivity index (χ1) is 13.1. The molecule has 1 N–H and O–H groups in total. The van der Waals surface area contributed by atoms with Crippen molar-refractivity contribution in [3.05, 3.63) is 48.2 Å². The number of aromatic nitrogens is 1. The molecule has 1 aromatic carbocycles. The van der Waals surface area contributed by atoms with Crippen LogP contribution in [0.1, 0.15) is 53.0 Å². The molecule has 27 heavy (non-hydrogen) atoms. The molecule has 5 heteroatoms. The van der Waals surface area contributed by atoms with Crippen LogP contribution in [0.2, 0.25) is 0 Å². The van der Waals surface area contributed by atoms with Gasteiger partial charge in [0.15, 0.2) is 11.6 Å². The molecule has 1 unspecified atom stereocenters. The zero-order valence-corrected chi connectivity index (χ0v) is 15.4. The van der Waals surface area contributed by atoms with Crippen molar-refractivity contribution in [2.75, 3.05) is 6.54 Å². The molecule has 1 fully saturated rings. The van der Waals surface area contributed by atoms with E-state index in [1.807, 2.05) is 28.8 Å². The first kappa shape index (κ1) is 17.7. The summed E-state index contributed by atoms with van der Waals surface area (Å²) >= 11 is 0. The molecular weight excluding hydrogens is 340 g/mol. The van der Waals surface area contributed by atoms with Crippen molar-refractivity contribution in [2.24, 2.45) is 11.8 Å². The first-order valence-electron chi connectivity index (χ1n) is 9.68. The highest BCUT2D eigenvalue weighted by Crippen LogP contribution is 2.33. The van der Waals surface area contributed by atoms with Crippen LogP contribution < -0.4 is 5.32 Å². The Morgan fingerprint density at radius 3 is 2.93 bits per heavy atom. The number of benzene rings is 1. The Morgan fingerprint density at radius 2 is 2.11 bits per heavy atom. The third-order valence-electron chi connectivity index (χ3n) is 5.94. The van der Waals surface area contributed by atoms with E-state index >= 15 is 0 Å². The van der Waals surface area contributed by atoms with Gasteiger partial charge >= 0.3 is 0 Å². The molecule has 0 bridgehead atoms. The highest BCUT2D eigenvalue weighted by molar-refractivity contribution is 6.03. The molecule has 1 saturated carbocycles. The second kappa shape index (κ2) is 7.14. The fraction of sp³-hybridized carbons (Fsp3) is 0.409. The fourth-order valence-electron chi connectivity index (χ4n) is 4.51. The van der Waals surface area contributed by atoms with E-state index < -0.39 is 0 Å². The van der Waals surface area contributed by atoms with Gasteiger partial charge in [0.25, 0.3) is 5.91 Å². The van der Waals surface area contributed by atoms with Crippen molar-refractivity contribution in [1.29, 1.82) is 0 Å². The van der Waals surface area contributed by atoms with E-state index in [9.17, 15) is 14.4 Å². The van der Waals surface area contributed by atoms with Crippen LogP contribution in [0, 0.1) is 11.8 Å². The first-order valence-corrected chi connectivity index (χ1v) is 9.68. The number of carbonyl (C=O) groups is 3. The third kappa shape index (κ3) is 3.34. The Hall–Kier alpha value is -2.69. The number of allylic oxidation sites excluding steroid dienone is 1. The summed E-state index contributed by atoms with van der Waals surface area (Å²) in [7, 11) is 0. The number of fused-ring (bicyclic) bond motifs is 3. The molecule has 0 saturated heterocycles. The maximum atomic E-state index is 12.9. The number of amides is 1. The van der Waals surface area contributed by atoms with Gasteiger partial charge in [-0.2, -0.15) is 0 Å². The fourth-order valence-corrected chi connectivity index (χ4v) is 4.51. The zero-order valence-electron chi connectivity index (χ0n) is 15.4. The Morgan fingerprint density at radius 1 is 1.26 bits per heavy atom. The number of hydrogen-bond donors (Lipinski definition) is 1. The topological polar surface area (TPSA) is 68.2 Å². The van der Waals surface area contributed by atoms with Gasteiger partial charge in [-0.15, -0.1) is 0 Å². The normalized spacial score (nSPS) is 22.1. The van der Waals surface area contributed by atoms with E-state index in [2.05, 4.69) is 11.9 Å². The summed E-state index contributed by atoms with van der Waals surface area (Å²) in [6.07, 6.45) is 5.55. The van der Waals surface area contributed by atoms with Crippen molar-refractivity contribution in [3.63, 3.8) is 0 Å². The second-order valence-electron chi connectivity index (χ2n) is 7.67. The van der Waals surface area contributed by atoms with Crippen LogP contribution in [0.5, 0.6) is 0 Å². The highest BCUT2D eigenvalue weighted by atomic mass is 16.2. The van der Waals surface area contributed by atoms with E-state index in [1.165, 1.54) is 6.08 Å². The van der Waals surface area contributed by atoms with Crippen LogP contribution in [-0.2, 0) is 11.3 Å². The number of nitrogens with one attached hydrogen (secondary N) is 1. The average molecular weight is 364 g/mol. The van der Waals surface area contributed by atoms with E-state index in [1.54, 1.807) is 0 Å². The highest BCUT2D eigenvalue weighted by Gasteiger charge is 2.27. The van der Waals surface area contributed by atoms with Crippen LogP contribution >= 0.6 is 0 Å². The predicted octanol–water partition coefficient (Wildman–Crippen LogP) is 3.52. The number of rotatable bonds is 5. The van der Waals surface area contributed by atoms with Crippen molar-refractivity contribution < 1.29 is 14.4 Å². The molecule has 1 aromatic heterocycles. The number of carbonyl (C=O) groups excluding carboxylic acids is 3. The lowest BCUT2D eigenvalue weighted by atomic mass is 9.77. The molecule has 2 aromatic rings. The van der Waals surface area contributed by atoms with Gasteiger partial charge in [0, 0.05) is 41.9 Å². The lowest BCUT2D eigenvalue weighted by Crippen LogP contribution is -2.34. The number of ketones is 2. The number of nitrogens with zero attached hydrogens (tertiary/aromatic N) is 1. The predicted molar refractivity (Wildman–Crippen MR) is 104 cm³/mol. The molecule has 140 valence electrons. The second-order valence-corrected chi connectivity index (χ2v) is 7.67.